The summed E-state index contributed by atoms with van der Waals surface area (Å²) < 4.78 is 24.6. The third-order valence-electron chi connectivity index (χ3n) is 5.23. The van der Waals surface area contributed by atoms with E-state index in [9.17, 15) is 22.8 Å². The van der Waals surface area contributed by atoms with Crippen LogP contribution in [0.2, 0.25) is 0 Å². The van der Waals surface area contributed by atoms with E-state index < -0.39 is 9.84 Å². The third kappa shape index (κ3) is 5.74. The number of nitrogens with zero attached hydrogens (tertiary/aromatic N) is 1. The normalized spacial score (nSPS) is 21.0. The van der Waals surface area contributed by atoms with Crippen LogP contribution in [0.4, 0.5) is 5.69 Å². The Bertz CT molecular complexity index is 1120. The van der Waals surface area contributed by atoms with Gasteiger partial charge in [-0.25, -0.2) is 13.4 Å². The average molecular weight is 483 g/mol. The van der Waals surface area contributed by atoms with Crippen LogP contribution in [0, 0.1) is 5.92 Å². The summed E-state index contributed by atoms with van der Waals surface area (Å²) in [6.07, 6.45) is 1.12. The first-order valence-electron chi connectivity index (χ1n) is 9.88. The number of thioether (sulfide) groups is 1. The third-order valence-corrected chi connectivity index (χ3v) is 9.11. The van der Waals surface area contributed by atoms with E-state index in [2.05, 4.69) is 20.9 Å². The van der Waals surface area contributed by atoms with Crippen molar-refractivity contribution in [2.75, 3.05) is 29.1 Å². The van der Waals surface area contributed by atoms with Crippen LogP contribution >= 0.6 is 23.1 Å². The van der Waals surface area contributed by atoms with Gasteiger partial charge in [-0.15, -0.1) is 11.3 Å². The number of fused-ring (bicyclic) bond motifs is 1. The molecule has 3 heterocycles. The summed E-state index contributed by atoms with van der Waals surface area (Å²) in [5, 5.41) is 8.39. The maximum absolute atomic E-state index is 12.3. The zero-order valence-electron chi connectivity index (χ0n) is 16.5. The smallest absolute Gasteiger partial charge is 0.230 e. The predicted octanol–water partition coefficient (Wildman–Crippen LogP) is 1.16. The van der Waals surface area contributed by atoms with Crippen LogP contribution in [0.15, 0.2) is 22.5 Å². The Morgan fingerprint density at radius 3 is 2.74 bits per heavy atom. The van der Waals surface area contributed by atoms with Gasteiger partial charge in [0.1, 0.15) is 9.84 Å². The zero-order valence-corrected chi connectivity index (χ0v) is 19.0. The van der Waals surface area contributed by atoms with Crippen LogP contribution in [0.1, 0.15) is 19.3 Å². The molecule has 2 fully saturated rings. The van der Waals surface area contributed by atoms with Crippen LogP contribution in [-0.2, 0) is 24.2 Å². The Labute approximate surface area is 187 Å². The lowest BCUT2D eigenvalue weighted by molar-refractivity contribution is -0.123. The molecule has 4 rings (SSSR count). The van der Waals surface area contributed by atoms with Gasteiger partial charge in [-0.3, -0.25) is 14.4 Å². The SMILES string of the molecule is O=C1CC(C(=O)Nc2ccc3nc(SCC(=O)NC4CCS(=O)(=O)CC4)sc3c2)CN1. The minimum absolute atomic E-state index is 0.0940. The van der Waals surface area contributed by atoms with Gasteiger partial charge in [-0.2, -0.15) is 0 Å². The lowest BCUT2D eigenvalue weighted by atomic mass is 10.1. The fraction of sp³-hybridized carbons (Fsp3) is 0.474. The van der Waals surface area contributed by atoms with Crippen LogP contribution in [0.25, 0.3) is 10.2 Å². The minimum atomic E-state index is -2.95. The Morgan fingerprint density at radius 2 is 2.03 bits per heavy atom. The van der Waals surface area contributed by atoms with Crippen molar-refractivity contribution in [3.8, 4) is 0 Å². The molecule has 2 aliphatic rings. The van der Waals surface area contributed by atoms with Crippen LogP contribution in [0.5, 0.6) is 0 Å². The highest BCUT2D eigenvalue weighted by molar-refractivity contribution is 8.01. The predicted molar refractivity (Wildman–Crippen MR) is 120 cm³/mol. The Morgan fingerprint density at radius 1 is 1.26 bits per heavy atom. The van der Waals surface area contributed by atoms with Crippen LogP contribution < -0.4 is 16.0 Å². The Kier molecular flexibility index (Phi) is 6.49. The number of aromatic nitrogens is 1. The van der Waals surface area contributed by atoms with Gasteiger partial charge in [-0.1, -0.05) is 11.8 Å². The molecule has 0 bridgehead atoms. The number of hydrogen-bond acceptors (Lipinski definition) is 8. The van der Waals surface area contributed by atoms with Crippen molar-refractivity contribution in [3.63, 3.8) is 0 Å². The molecule has 1 unspecified atom stereocenters. The molecule has 31 heavy (non-hydrogen) atoms. The summed E-state index contributed by atoms with van der Waals surface area (Å²) in [6.45, 7) is 0.354. The van der Waals surface area contributed by atoms with Gasteiger partial charge in [0.05, 0.1) is 33.4 Å². The monoisotopic (exact) mass is 482 g/mol. The highest BCUT2D eigenvalue weighted by atomic mass is 32.2. The molecule has 2 aliphatic heterocycles. The van der Waals surface area contributed by atoms with Crippen molar-refractivity contribution in [1.29, 1.82) is 0 Å². The molecule has 2 saturated heterocycles. The van der Waals surface area contributed by atoms with Crippen molar-refractivity contribution < 1.29 is 22.8 Å². The van der Waals surface area contributed by atoms with Crippen molar-refractivity contribution in [2.24, 2.45) is 5.92 Å². The van der Waals surface area contributed by atoms with E-state index in [1.54, 1.807) is 6.07 Å². The molecular weight excluding hydrogens is 460 g/mol. The molecule has 9 nitrogen and oxygen atoms in total. The molecule has 3 N–H and O–H groups in total. The minimum Gasteiger partial charge on any atom is -0.355 e. The topological polar surface area (TPSA) is 134 Å². The number of thiazole rings is 1. The lowest BCUT2D eigenvalue weighted by Crippen LogP contribution is -2.41. The number of anilines is 1. The van der Waals surface area contributed by atoms with Gasteiger partial charge >= 0.3 is 0 Å². The molecule has 1 aromatic carbocycles. The number of carbonyl (C=O) groups is 3. The molecule has 0 radical (unpaired) electrons. The van der Waals surface area contributed by atoms with Gasteiger partial charge in [0, 0.05) is 24.7 Å². The van der Waals surface area contributed by atoms with Crippen LogP contribution in [0.3, 0.4) is 0 Å². The highest BCUT2D eigenvalue weighted by Gasteiger charge is 2.28. The van der Waals surface area contributed by atoms with Crippen molar-refractivity contribution in [1.82, 2.24) is 15.6 Å². The van der Waals surface area contributed by atoms with Gasteiger partial charge in [-0.05, 0) is 31.0 Å². The van der Waals surface area contributed by atoms with Crippen molar-refractivity contribution in [2.45, 2.75) is 29.6 Å². The molecule has 166 valence electrons. The molecule has 1 atom stereocenters. The first kappa shape index (κ1) is 22.0. The largest absolute Gasteiger partial charge is 0.355 e. The molecule has 1 aromatic heterocycles. The van der Waals surface area contributed by atoms with Gasteiger partial charge in [0.25, 0.3) is 0 Å². The van der Waals surface area contributed by atoms with E-state index in [0.717, 1.165) is 14.6 Å². The van der Waals surface area contributed by atoms with E-state index in [-0.39, 0.29) is 53.4 Å². The molecule has 3 amide bonds. The highest BCUT2D eigenvalue weighted by Crippen LogP contribution is 2.31. The number of nitrogens with one attached hydrogen (secondary N) is 3. The van der Waals surface area contributed by atoms with E-state index in [1.807, 2.05) is 12.1 Å². The summed E-state index contributed by atoms with van der Waals surface area (Å²) in [4.78, 5) is 40.3. The van der Waals surface area contributed by atoms with Gasteiger partial charge in [0.15, 0.2) is 4.34 Å². The quantitative estimate of drug-likeness (QED) is 0.526. The number of rotatable bonds is 6. The fourth-order valence-corrected chi connectivity index (χ4v) is 6.92. The number of sulfone groups is 1. The summed E-state index contributed by atoms with van der Waals surface area (Å²) in [5.41, 5.74) is 1.42. The Balaban J connectivity index is 1.30. The van der Waals surface area contributed by atoms with Crippen LogP contribution in [-0.4, -0.2) is 61.0 Å². The summed E-state index contributed by atoms with van der Waals surface area (Å²) in [7, 11) is -2.95. The second kappa shape index (κ2) is 9.13. The fourth-order valence-electron chi connectivity index (χ4n) is 3.51. The van der Waals surface area contributed by atoms with E-state index >= 15 is 0 Å². The zero-order chi connectivity index (χ0) is 22.0. The molecule has 0 saturated carbocycles. The molecule has 0 spiro atoms. The summed E-state index contributed by atoms with van der Waals surface area (Å²) in [5.74, 6) is -0.360. The second-order valence-corrected chi connectivity index (χ2v) is 12.2. The van der Waals surface area contributed by atoms with E-state index in [0.29, 0.717) is 25.1 Å². The standard InChI is InChI=1S/C19H22N4O5S3/c24-16-7-11(9-20-16)18(26)22-13-1-2-14-15(8-13)30-19(23-14)29-10-17(25)21-12-3-5-31(27,28)6-4-12/h1-2,8,11-12H,3-7,9-10H2,(H,20,24)(H,21,25)(H,22,26). The first-order valence-corrected chi connectivity index (χ1v) is 13.5. The Hall–Kier alpha value is -2.18. The lowest BCUT2D eigenvalue weighted by Gasteiger charge is -2.22. The molecule has 2 aromatic rings. The van der Waals surface area contributed by atoms with Gasteiger partial charge < -0.3 is 16.0 Å². The molecule has 0 aliphatic carbocycles. The first-order chi connectivity index (χ1) is 14.8. The summed E-state index contributed by atoms with van der Waals surface area (Å²) in [6, 6.07) is 5.32. The maximum Gasteiger partial charge on any atom is 0.230 e. The van der Waals surface area contributed by atoms with E-state index in [1.165, 1.54) is 23.1 Å². The number of carbonyl (C=O) groups excluding carboxylic acids is 3. The number of amides is 3. The summed E-state index contributed by atoms with van der Waals surface area (Å²) >= 11 is 2.76. The molecular formula is C19H22N4O5S3. The average Bonchev–Trinajstić information content (AvgIpc) is 3.33. The van der Waals surface area contributed by atoms with E-state index in [4.69, 9.17) is 0 Å². The van der Waals surface area contributed by atoms with Crippen molar-refractivity contribution >= 4 is 66.6 Å². The van der Waals surface area contributed by atoms with Gasteiger partial charge in [0.2, 0.25) is 17.7 Å². The number of benzene rings is 1. The molecule has 12 heteroatoms. The van der Waals surface area contributed by atoms with Crippen molar-refractivity contribution in [3.05, 3.63) is 18.2 Å². The second-order valence-electron chi connectivity index (χ2n) is 7.64. The number of hydrogen-bond donors (Lipinski definition) is 3. The maximum atomic E-state index is 12.3.